The number of hydrogen-bond donors (Lipinski definition) is 0. The Morgan fingerprint density at radius 1 is 1.13 bits per heavy atom. The molecule has 8 heteroatoms. The van der Waals surface area contributed by atoms with E-state index in [1.165, 1.54) is 24.0 Å². The van der Waals surface area contributed by atoms with Crippen LogP contribution in [0, 0.1) is 13.8 Å². The van der Waals surface area contributed by atoms with E-state index < -0.39 is 0 Å². The smallest absolute Gasteiger partial charge is 0.240 e. The van der Waals surface area contributed by atoms with Gasteiger partial charge in [-0.05, 0) is 66.3 Å². The van der Waals surface area contributed by atoms with Crippen LogP contribution < -0.4 is 4.74 Å². The lowest BCUT2D eigenvalue weighted by Gasteiger charge is -2.30. The molecule has 2 saturated heterocycles. The van der Waals surface area contributed by atoms with Crippen LogP contribution in [0.3, 0.4) is 0 Å². The van der Waals surface area contributed by atoms with Gasteiger partial charge in [0.25, 0.3) is 0 Å². The minimum absolute atomic E-state index is 0.112. The second kappa shape index (κ2) is 9.12. The number of carbonyl (C=O) groups is 1. The summed E-state index contributed by atoms with van der Waals surface area (Å²) in [5, 5.41) is 11.7. The number of methoxy groups -OCH3 is 1. The van der Waals surface area contributed by atoms with E-state index in [1.54, 1.807) is 18.1 Å². The molecule has 0 aliphatic carbocycles. The monoisotopic (exact) mass is 412 g/mol. The van der Waals surface area contributed by atoms with Crippen molar-refractivity contribution < 1.29 is 9.53 Å². The molecule has 162 valence electrons. The maximum atomic E-state index is 13.5. The molecule has 1 amide bonds. The van der Waals surface area contributed by atoms with E-state index in [1.807, 2.05) is 0 Å². The standard InChI is InChI=1S/C22H32N6O2/c1-16-11-21(30-3)17(2)10-18(16)13-27-14-19(28-15-23-24-25-28)12-20(27)22(29)26-8-6-4-5-7-9-26/h10-11,15,19-20H,4-9,12-14H2,1-3H3/t19-,20-/m0/s1. The number of amides is 1. The highest BCUT2D eigenvalue weighted by atomic mass is 16.5. The van der Waals surface area contributed by atoms with Crippen LogP contribution in [0.15, 0.2) is 18.5 Å². The molecule has 1 aromatic heterocycles. The fourth-order valence-electron chi connectivity index (χ4n) is 4.80. The Bertz CT molecular complexity index is 861. The molecule has 0 saturated carbocycles. The van der Waals surface area contributed by atoms with Crippen LogP contribution >= 0.6 is 0 Å². The van der Waals surface area contributed by atoms with Crippen molar-refractivity contribution in [3.05, 3.63) is 35.2 Å². The number of benzene rings is 1. The SMILES string of the molecule is COc1cc(C)c(CN2C[C@@H](n3cnnn3)C[C@H]2C(=O)N2CCCCCC2)cc1C. The van der Waals surface area contributed by atoms with Gasteiger partial charge in [0.2, 0.25) is 5.91 Å². The molecule has 0 bridgehead atoms. The average molecular weight is 413 g/mol. The van der Waals surface area contributed by atoms with Crippen LogP contribution in [-0.4, -0.2) is 68.7 Å². The summed E-state index contributed by atoms with van der Waals surface area (Å²) in [5.41, 5.74) is 3.54. The van der Waals surface area contributed by atoms with Crippen LogP contribution in [-0.2, 0) is 11.3 Å². The number of ether oxygens (including phenoxy) is 1. The van der Waals surface area contributed by atoms with E-state index in [9.17, 15) is 4.79 Å². The van der Waals surface area contributed by atoms with Crippen molar-refractivity contribution in [1.82, 2.24) is 30.0 Å². The van der Waals surface area contributed by atoms with Gasteiger partial charge in [0.1, 0.15) is 12.1 Å². The molecule has 0 N–H and O–H groups in total. The molecule has 2 aliphatic heterocycles. The molecule has 0 spiro atoms. The van der Waals surface area contributed by atoms with Crippen molar-refractivity contribution >= 4 is 5.91 Å². The topological polar surface area (TPSA) is 76.4 Å². The lowest BCUT2D eigenvalue weighted by Crippen LogP contribution is -2.45. The molecule has 2 aliphatic rings. The van der Waals surface area contributed by atoms with Gasteiger partial charge in [-0.15, -0.1) is 5.10 Å². The number of carbonyl (C=O) groups excluding carboxylic acids is 1. The maximum absolute atomic E-state index is 13.5. The summed E-state index contributed by atoms with van der Waals surface area (Å²) in [4.78, 5) is 17.9. The number of likely N-dealkylation sites (tertiary alicyclic amines) is 2. The molecule has 4 rings (SSSR count). The first-order valence-electron chi connectivity index (χ1n) is 11.0. The number of nitrogens with zero attached hydrogens (tertiary/aromatic N) is 6. The van der Waals surface area contributed by atoms with Crippen LogP contribution in [0.25, 0.3) is 0 Å². The first kappa shape index (κ1) is 20.8. The fourth-order valence-corrected chi connectivity index (χ4v) is 4.80. The molecule has 2 fully saturated rings. The zero-order valence-corrected chi connectivity index (χ0v) is 18.3. The second-order valence-electron chi connectivity index (χ2n) is 8.61. The summed E-state index contributed by atoms with van der Waals surface area (Å²) in [6.45, 7) is 7.42. The maximum Gasteiger partial charge on any atom is 0.240 e. The van der Waals surface area contributed by atoms with E-state index in [0.29, 0.717) is 0 Å². The Hall–Kier alpha value is -2.48. The van der Waals surface area contributed by atoms with Crippen LogP contribution in [0.4, 0.5) is 0 Å². The highest BCUT2D eigenvalue weighted by Crippen LogP contribution is 2.32. The van der Waals surface area contributed by atoms with Crippen LogP contribution in [0.1, 0.15) is 54.8 Å². The van der Waals surface area contributed by atoms with Gasteiger partial charge in [0, 0.05) is 26.2 Å². The Kier molecular flexibility index (Phi) is 6.32. The zero-order valence-electron chi connectivity index (χ0n) is 18.3. The van der Waals surface area contributed by atoms with E-state index in [2.05, 4.69) is 51.3 Å². The van der Waals surface area contributed by atoms with Crippen molar-refractivity contribution in [1.29, 1.82) is 0 Å². The van der Waals surface area contributed by atoms with Gasteiger partial charge >= 0.3 is 0 Å². The van der Waals surface area contributed by atoms with Crippen molar-refractivity contribution in [2.75, 3.05) is 26.7 Å². The molecule has 0 radical (unpaired) electrons. The molecule has 2 atom stereocenters. The number of aromatic nitrogens is 4. The minimum Gasteiger partial charge on any atom is -0.496 e. The quantitative estimate of drug-likeness (QED) is 0.751. The predicted molar refractivity (Wildman–Crippen MR) is 113 cm³/mol. The lowest BCUT2D eigenvalue weighted by molar-refractivity contribution is -0.136. The van der Waals surface area contributed by atoms with E-state index in [4.69, 9.17) is 4.74 Å². The third-order valence-corrected chi connectivity index (χ3v) is 6.55. The summed E-state index contributed by atoms with van der Waals surface area (Å²) in [7, 11) is 1.70. The Morgan fingerprint density at radius 3 is 2.57 bits per heavy atom. The van der Waals surface area contributed by atoms with Crippen molar-refractivity contribution in [3.63, 3.8) is 0 Å². The zero-order chi connectivity index (χ0) is 21.1. The van der Waals surface area contributed by atoms with Gasteiger partial charge in [-0.25, -0.2) is 4.68 Å². The van der Waals surface area contributed by atoms with Gasteiger partial charge in [-0.1, -0.05) is 18.9 Å². The first-order valence-corrected chi connectivity index (χ1v) is 11.0. The molecule has 3 heterocycles. The van der Waals surface area contributed by atoms with E-state index in [-0.39, 0.29) is 18.0 Å². The normalized spacial score (nSPS) is 22.8. The molecular formula is C22H32N6O2. The molecule has 30 heavy (non-hydrogen) atoms. The molecule has 8 nitrogen and oxygen atoms in total. The molecular weight excluding hydrogens is 380 g/mol. The number of hydrogen-bond acceptors (Lipinski definition) is 6. The molecule has 1 aromatic carbocycles. The van der Waals surface area contributed by atoms with Gasteiger partial charge in [-0.2, -0.15) is 0 Å². The average Bonchev–Trinajstić information content (AvgIpc) is 3.33. The number of tetrazole rings is 1. The largest absolute Gasteiger partial charge is 0.496 e. The van der Waals surface area contributed by atoms with Crippen LogP contribution in [0.5, 0.6) is 5.75 Å². The third-order valence-electron chi connectivity index (χ3n) is 6.55. The predicted octanol–water partition coefficient (Wildman–Crippen LogP) is 2.52. The first-order chi connectivity index (χ1) is 14.6. The summed E-state index contributed by atoms with van der Waals surface area (Å²) in [6.07, 6.45) is 7.04. The van der Waals surface area contributed by atoms with Crippen molar-refractivity contribution in [2.45, 2.75) is 64.6 Å². The highest BCUT2D eigenvalue weighted by molar-refractivity contribution is 5.82. The lowest BCUT2D eigenvalue weighted by atomic mass is 10.0. The molecule has 0 unspecified atom stereocenters. The number of rotatable bonds is 5. The summed E-state index contributed by atoms with van der Waals surface area (Å²) in [6, 6.07) is 4.25. The Labute approximate surface area is 178 Å². The van der Waals surface area contributed by atoms with E-state index in [0.717, 1.165) is 56.8 Å². The second-order valence-corrected chi connectivity index (χ2v) is 8.61. The van der Waals surface area contributed by atoms with Crippen molar-refractivity contribution in [3.8, 4) is 5.75 Å². The number of aryl methyl sites for hydroxylation is 2. The Balaban J connectivity index is 1.57. The highest BCUT2D eigenvalue weighted by Gasteiger charge is 2.40. The fraction of sp³-hybridized carbons (Fsp3) is 0.636. The molecule has 2 aromatic rings. The van der Waals surface area contributed by atoms with Crippen molar-refractivity contribution in [2.24, 2.45) is 0 Å². The van der Waals surface area contributed by atoms with Gasteiger partial charge in [0.15, 0.2) is 0 Å². The van der Waals surface area contributed by atoms with Gasteiger partial charge < -0.3 is 9.64 Å². The van der Waals surface area contributed by atoms with E-state index >= 15 is 0 Å². The van der Waals surface area contributed by atoms with Gasteiger partial charge in [-0.3, -0.25) is 9.69 Å². The summed E-state index contributed by atoms with van der Waals surface area (Å²) < 4.78 is 7.27. The Morgan fingerprint density at radius 2 is 1.90 bits per heavy atom. The van der Waals surface area contributed by atoms with Gasteiger partial charge in [0.05, 0.1) is 19.2 Å². The summed E-state index contributed by atoms with van der Waals surface area (Å²) in [5.74, 6) is 1.16. The minimum atomic E-state index is -0.140. The summed E-state index contributed by atoms with van der Waals surface area (Å²) >= 11 is 0. The van der Waals surface area contributed by atoms with Crippen LogP contribution in [0.2, 0.25) is 0 Å². The third kappa shape index (κ3) is 4.33.